The molecule has 0 aromatic carbocycles. The van der Waals surface area contributed by atoms with E-state index in [-0.39, 0.29) is 6.04 Å². The maximum atomic E-state index is 10.1. The lowest BCUT2D eigenvalue weighted by atomic mass is 10.2. The molecule has 1 saturated heterocycles. The van der Waals surface area contributed by atoms with E-state index in [1.165, 1.54) is 0 Å². The minimum atomic E-state index is -0.151. The first-order chi connectivity index (χ1) is 4.36. The van der Waals surface area contributed by atoms with Gasteiger partial charge in [0, 0.05) is 6.42 Å². The number of aldehydes is 1. The first-order valence-corrected chi connectivity index (χ1v) is 2.82. The molecule has 0 amide bonds. The Morgan fingerprint density at radius 3 is 2.89 bits per heavy atom. The largest absolute Gasteiger partial charge is 0.370 e. The molecular formula is C6H7NO2. The van der Waals surface area contributed by atoms with Crippen molar-refractivity contribution < 1.29 is 9.59 Å². The van der Waals surface area contributed by atoms with Crippen molar-refractivity contribution in [3.8, 4) is 0 Å². The van der Waals surface area contributed by atoms with Crippen LogP contribution < -0.4 is 5.32 Å². The molecule has 3 nitrogen and oxygen atoms in total. The highest BCUT2D eigenvalue weighted by Gasteiger charge is 2.16. The van der Waals surface area contributed by atoms with E-state index in [9.17, 15) is 9.59 Å². The van der Waals surface area contributed by atoms with Gasteiger partial charge < -0.3 is 10.1 Å². The highest BCUT2D eigenvalue weighted by atomic mass is 16.1. The van der Waals surface area contributed by atoms with Crippen LogP contribution in [0.25, 0.3) is 0 Å². The van der Waals surface area contributed by atoms with E-state index in [0.29, 0.717) is 12.1 Å². The average molecular weight is 125 g/mol. The lowest BCUT2D eigenvalue weighted by Crippen LogP contribution is -2.21. The number of rotatable bonds is 1. The highest BCUT2D eigenvalue weighted by molar-refractivity contribution is 5.62. The van der Waals surface area contributed by atoms with Crippen LogP contribution in [0.4, 0.5) is 0 Å². The Labute approximate surface area is 52.7 Å². The molecule has 1 aliphatic rings. The van der Waals surface area contributed by atoms with Crippen molar-refractivity contribution in [3.63, 3.8) is 0 Å². The van der Waals surface area contributed by atoms with Gasteiger partial charge in [-0.15, -0.1) is 0 Å². The first-order valence-electron chi connectivity index (χ1n) is 2.82. The van der Waals surface area contributed by atoms with Gasteiger partial charge in [0.25, 0.3) is 0 Å². The van der Waals surface area contributed by atoms with Crippen molar-refractivity contribution in [2.75, 3.05) is 0 Å². The molecule has 0 unspecified atom stereocenters. The number of carbonyl (C=O) groups is 1. The molecule has 0 spiro atoms. The smallest absolute Gasteiger partial charge is 0.145 e. The molecule has 0 aromatic rings. The van der Waals surface area contributed by atoms with Crippen LogP contribution in [0.1, 0.15) is 12.8 Å². The summed E-state index contributed by atoms with van der Waals surface area (Å²) in [7, 11) is 0. The van der Waals surface area contributed by atoms with Gasteiger partial charge in [-0.05, 0) is 6.42 Å². The van der Waals surface area contributed by atoms with E-state index >= 15 is 0 Å². The van der Waals surface area contributed by atoms with Crippen molar-refractivity contribution in [3.05, 3.63) is 5.70 Å². The molecule has 9 heavy (non-hydrogen) atoms. The van der Waals surface area contributed by atoms with Crippen LogP contribution in [-0.4, -0.2) is 18.3 Å². The van der Waals surface area contributed by atoms with Gasteiger partial charge in [0.1, 0.15) is 12.2 Å². The molecular weight excluding hydrogens is 118 g/mol. The van der Waals surface area contributed by atoms with Gasteiger partial charge in [-0.2, -0.15) is 0 Å². The predicted molar refractivity (Wildman–Crippen MR) is 31.4 cm³/mol. The minimum absolute atomic E-state index is 0.151. The Kier molecular flexibility index (Phi) is 1.66. The lowest BCUT2D eigenvalue weighted by Gasteiger charge is -1.96. The monoisotopic (exact) mass is 125 g/mol. The molecule has 1 heterocycles. The summed E-state index contributed by atoms with van der Waals surface area (Å²) >= 11 is 0. The van der Waals surface area contributed by atoms with E-state index in [4.69, 9.17) is 0 Å². The van der Waals surface area contributed by atoms with Gasteiger partial charge in [-0.25, -0.2) is 4.79 Å². The van der Waals surface area contributed by atoms with Crippen LogP contribution >= 0.6 is 0 Å². The zero-order chi connectivity index (χ0) is 6.69. The van der Waals surface area contributed by atoms with E-state index in [2.05, 4.69) is 5.32 Å². The van der Waals surface area contributed by atoms with E-state index < -0.39 is 0 Å². The van der Waals surface area contributed by atoms with Crippen LogP contribution in [0, 0.1) is 0 Å². The second-order valence-corrected chi connectivity index (χ2v) is 2.01. The predicted octanol–water partition coefficient (Wildman–Crippen LogP) is -0.347. The summed E-state index contributed by atoms with van der Waals surface area (Å²) in [5, 5.41) is 2.72. The third kappa shape index (κ3) is 1.18. The molecule has 0 aliphatic carbocycles. The van der Waals surface area contributed by atoms with Crippen LogP contribution in [0.2, 0.25) is 0 Å². The van der Waals surface area contributed by atoms with E-state index in [0.717, 1.165) is 12.7 Å². The van der Waals surface area contributed by atoms with Crippen LogP contribution in [-0.2, 0) is 9.59 Å². The molecule has 0 bridgehead atoms. The number of hydrogen-bond donors (Lipinski definition) is 1. The average Bonchev–Trinajstić information content (AvgIpc) is 2.34. The van der Waals surface area contributed by atoms with Crippen LogP contribution in [0.5, 0.6) is 0 Å². The Bertz CT molecular complexity index is 170. The zero-order valence-electron chi connectivity index (χ0n) is 4.89. The van der Waals surface area contributed by atoms with Crippen LogP contribution in [0.15, 0.2) is 5.70 Å². The summed E-state index contributed by atoms with van der Waals surface area (Å²) in [6.07, 6.45) is 2.20. The van der Waals surface area contributed by atoms with Gasteiger partial charge >= 0.3 is 0 Å². The number of allylic oxidation sites excluding steroid dienone is 1. The Morgan fingerprint density at radius 2 is 2.56 bits per heavy atom. The summed E-state index contributed by atoms with van der Waals surface area (Å²) in [6.45, 7) is 0. The number of nitrogens with one attached hydrogen (secondary N) is 1. The maximum absolute atomic E-state index is 10.1. The Balaban J connectivity index is 2.56. The summed E-state index contributed by atoms with van der Waals surface area (Å²) in [6, 6.07) is -0.151. The molecule has 1 atom stereocenters. The van der Waals surface area contributed by atoms with Gasteiger partial charge in [-0.3, -0.25) is 0 Å². The lowest BCUT2D eigenvalue weighted by molar-refractivity contribution is -0.109. The first kappa shape index (κ1) is 6.05. The SMILES string of the molecule is O=C=C1CC[C@@H](C=O)N1. The normalized spacial score (nSPS) is 24.9. The number of hydrogen-bond acceptors (Lipinski definition) is 3. The number of carbonyl (C=O) groups excluding carboxylic acids is 2. The topological polar surface area (TPSA) is 46.2 Å². The molecule has 0 aromatic heterocycles. The fourth-order valence-corrected chi connectivity index (χ4v) is 0.851. The molecule has 1 aliphatic heterocycles. The summed E-state index contributed by atoms with van der Waals surface area (Å²) in [4.78, 5) is 20.0. The van der Waals surface area contributed by atoms with Gasteiger partial charge in [-0.1, -0.05) is 0 Å². The maximum Gasteiger partial charge on any atom is 0.145 e. The molecule has 1 fully saturated rings. The van der Waals surface area contributed by atoms with Crippen LogP contribution in [0.3, 0.4) is 0 Å². The van der Waals surface area contributed by atoms with Crippen molar-refractivity contribution in [2.24, 2.45) is 0 Å². The Morgan fingerprint density at radius 1 is 1.78 bits per heavy atom. The molecule has 48 valence electrons. The van der Waals surface area contributed by atoms with E-state index in [1.807, 2.05) is 0 Å². The van der Waals surface area contributed by atoms with E-state index in [1.54, 1.807) is 5.94 Å². The second kappa shape index (κ2) is 2.46. The third-order valence-electron chi connectivity index (χ3n) is 1.35. The fourth-order valence-electron chi connectivity index (χ4n) is 0.851. The fraction of sp³-hybridized carbons (Fsp3) is 0.500. The zero-order valence-corrected chi connectivity index (χ0v) is 4.89. The standard InChI is InChI=1S/C6H7NO2/c8-3-5-1-2-6(4-9)7-5/h3,5,7H,1-2H2/t5-/m0/s1. The summed E-state index contributed by atoms with van der Waals surface area (Å²) in [5.74, 6) is 1.72. The van der Waals surface area contributed by atoms with Crippen molar-refractivity contribution >= 4 is 12.2 Å². The van der Waals surface area contributed by atoms with Crippen molar-refractivity contribution in [1.29, 1.82) is 0 Å². The summed E-state index contributed by atoms with van der Waals surface area (Å²) in [5.41, 5.74) is 0.520. The van der Waals surface area contributed by atoms with Gasteiger partial charge in [0.2, 0.25) is 0 Å². The second-order valence-electron chi connectivity index (χ2n) is 2.01. The molecule has 0 saturated carbocycles. The van der Waals surface area contributed by atoms with Gasteiger partial charge in [0.05, 0.1) is 11.7 Å². The molecule has 3 heteroatoms. The quantitative estimate of drug-likeness (QED) is 0.385. The summed E-state index contributed by atoms with van der Waals surface area (Å²) < 4.78 is 0. The minimum Gasteiger partial charge on any atom is -0.370 e. The molecule has 1 N–H and O–H groups in total. The Hall–Kier alpha value is -1.08. The van der Waals surface area contributed by atoms with Crippen molar-refractivity contribution in [1.82, 2.24) is 5.32 Å². The molecule has 0 radical (unpaired) electrons. The van der Waals surface area contributed by atoms with Crippen molar-refractivity contribution in [2.45, 2.75) is 18.9 Å². The van der Waals surface area contributed by atoms with Gasteiger partial charge in [0.15, 0.2) is 0 Å². The third-order valence-corrected chi connectivity index (χ3v) is 1.35. The molecule has 1 rings (SSSR count). The highest BCUT2D eigenvalue weighted by Crippen LogP contribution is 2.10.